The number of rotatable bonds is 7. The molecule has 0 unspecified atom stereocenters. The number of piperidine rings is 1. The van der Waals surface area contributed by atoms with Crippen LogP contribution in [0, 0.1) is 0 Å². The number of ether oxygens (including phenoxy) is 1. The molecule has 25 heavy (non-hydrogen) atoms. The van der Waals surface area contributed by atoms with Crippen LogP contribution in [-0.2, 0) is 20.9 Å². The van der Waals surface area contributed by atoms with Gasteiger partial charge in [-0.3, -0.25) is 14.6 Å². The van der Waals surface area contributed by atoms with Crippen LogP contribution in [0.1, 0.15) is 44.2 Å². The van der Waals surface area contributed by atoms with E-state index in [2.05, 4.69) is 4.98 Å². The van der Waals surface area contributed by atoms with Gasteiger partial charge in [0.1, 0.15) is 0 Å². The zero-order valence-electron chi connectivity index (χ0n) is 14.7. The average Bonchev–Trinajstić information content (AvgIpc) is 3.06. The van der Waals surface area contributed by atoms with Gasteiger partial charge in [-0.25, -0.2) is 0 Å². The standard InChI is InChI=1S/C19H27N3O3/c23-18-8-4-11-21(18)12-5-9-19(24)22-13-3-7-17(14-22)25-15-16-6-1-2-10-20-16/h1-2,6,10,17H,3-5,7-9,11-15H2/t17-/m0/s1. The number of nitrogens with zero attached hydrogens (tertiary/aromatic N) is 3. The normalized spacial score (nSPS) is 21.0. The van der Waals surface area contributed by atoms with E-state index in [1.54, 1.807) is 6.20 Å². The van der Waals surface area contributed by atoms with Crippen molar-refractivity contribution in [2.75, 3.05) is 26.2 Å². The molecule has 0 bridgehead atoms. The fourth-order valence-electron chi connectivity index (χ4n) is 3.51. The summed E-state index contributed by atoms with van der Waals surface area (Å²) in [6.45, 7) is 3.52. The van der Waals surface area contributed by atoms with Crippen LogP contribution in [0.25, 0.3) is 0 Å². The topological polar surface area (TPSA) is 62.7 Å². The molecule has 6 heteroatoms. The summed E-state index contributed by atoms with van der Waals surface area (Å²) in [5, 5.41) is 0. The van der Waals surface area contributed by atoms with Crippen molar-refractivity contribution in [1.82, 2.24) is 14.8 Å². The van der Waals surface area contributed by atoms with Gasteiger partial charge in [0.2, 0.25) is 11.8 Å². The predicted molar refractivity (Wildman–Crippen MR) is 93.7 cm³/mol. The molecule has 3 heterocycles. The highest BCUT2D eigenvalue weighted by molar-refractivity contribution is 5.78. The van der Waals surface area contributed by atoms with Gasteiger partial charge in [0.15, 0.2) is 0 Å². The van der Waals surface area contributed by atoms with E-state index in [0.717, 1.165) is 44.5 Å². The fourth-order valence-corrected chi connectivity index (χ4v) is 3.51. The first kappa shape index (κ1) is 17.9. The Bertz CT molecular complexity index is 579. The Labute approximate surface area is 149 Å². The van der Waals surface area contributed by atoms with E-state index in [-0.39, 0.29) is 17.9 Å². The highest BCUT2D eigenvalue weighted by atomic mass is 16.5. The quantitative estimate of drug-likeness (QED) is 0.758. The number of pyridine rings is 1. The van der Waals surface area contributed by atoms with Gasteiger partial charge in [0.05, 0.1) is 18.4 Å². The van der Waals surface area contributed by atoms with E-state index in [1.165, 1.54) is 0 Å². The summed E-state index contributed by atoms with van der Waals surface area (Å²) in [6, 6.07) is 5.79. The first-order valence-electron chi connectivity index (χ1n) is 9.29. The monoisotopic (exact) mass is 345 g/mol. The number of aromatic nitrogens is 1. The Morgan fingerprint density at radius 2 is 2.20 bits per heavy atom. The van der Waals surface area contributed by atoms with Crippen LogP contribution in [0.5, 0.6) is 0 Å². The molecule has 0 radical (unpaired) electrons. The molecule has 0 N–H and O–H groups in total. The lowest BCUT2D eigenvalue weighted by molar-refractivity contribution is -0.136. The molecule has 2 aliphatic heterocycles. The predicted octanol–water partition coefficient (Wildman–Crippen LogP) is 1.99. The summed E-state index contributed by atoms with van der Waals surface area (Å²) in [7, 11) is 0. The van der Waals surface area contributed by atoms with E-state index in [1.807, 2.05) is 28.0 Å². The van der Waals surface area contributed by atoms with Crippen LogP contribution >= 0.6 is 0 Å². The van der Waals surface area contributed by atoms with Gasteiger partial charge >= 0.3 is 0 Å². The third-order valence-corrected chi connectivity index (χ3v) is 4.91. The summed E-state index contributed by atoms with van der Waals surface area (Å²) in [5.74, 6) is 0.409. The van der Waals surface area contributed by atoms with Crippen molar-refractivity contribution >= 4 is 11.8 Å². The van der Waals surface area contributed by atoms with Crippen LogP contribution in [-0.4, -0.2) is 58.9 Å². The van der Waals surface area contributed by atoms with Crippen LogP contribution in [0.2, 0.25) is 0 Å². The van der Waals surface area contributed by atoms with Gasteiger partial charge in [-0.15, -0.1) is 0 Å². The number of hydrogen-bond acceptors (Lipinski definition) is 4. The van der Waals surface area contributed by atoms with Crippen molar-refractivity contribution in [2.24, 2.45) is 0 Å². The maximum absolute atomic E-state index is 12.4. The van der Waals surface area contributed by atoms with Gasteiger partial charge < -0.3 is 14.5 Å². The van der Waals surface area contributed by atoms with E-state index < -0.39 is 0 Å². The first-order chi connectivity index (χ1) is 12.2. The maximum atomic E-state index is 12.4. The number of amides is 2. The van der Waals surface area contributed by atoms with Crippen LogP contribution < -0.4 is 0 Å². The molecule has 2 aliphatic rings. The SMILES string of the molecule is O=C1CCCN1CCCC(=O)N1CCC[C@H](OCc2ccccn2)C1. The second kappa shape index (κ2) is 8.94. The Kier molecular flexibility index (Phi) is 6.39. The van der Waals surface area contributed by atoms with Crippen molar-refractivity contribution in [3.05, 3.63) is 30.1 Å². The minimum Gasteiger partial charge on any atom is -0.370 e. The van der Waals surface area contributed by atoms with Gasteiger partial charge in [-0.1, -0.05) is 6.07 Å². The van der Waals surface area contributed by atoms with Crippen molar-refractivity contribution in [2.45, 2.75) is 51.2 Å². The molecule has 1 aromatic heterocycles. The summed E-state index contributed by atoms with van der Waals surface area (Å²) in [4.78, 5) is 32.1. The molecule has 136 valence electrons. The molecule has 2 fully saturated rings. The van der Waals surface area contributed by atoms with Gasteiger partial charge in [0.25, 0.3) is 0 Å². The minimum atomic E-state index is 0.0832. The second-order valence-corrected chi connectivity index (χ2v) is 6.82. The third kappa shape index (κ3) is 5.26. The summed E-state index contributed by atoms with van der Waals surface area (Å²) < 4.78 is 5.94. The second-order valence-electron chi connectivity index (χ2n) is 6.82. The third-order valence-electron chi connectivity index (χ3n) is 4.91. The van der Waals surface area contributed by atoms with E-state index >= 15 is 0 Å². The van der Waals surface area contributed by atoms with Gasteiger partial charge in [-0.2, -0.15) is 0 Å². The lowest BCUT2D eigenvalue weighted by Gasteiger charge is -2.33. The zero-order valence-corrected chi connectivity index (χ0v) is 14.7. The van der Waals surface area contributed by atoms with Gasteiger partial charge in [-0.05, 0) is 37.8 Å². The number of hydrogen-bond donors (Lipinski definition) is 0. The molecular formula is C19H27N3O3. The highest BCUT2D eigenvalue weighted by Crippen LogP contribution is 2.17. The summed E-state index contributed by atoms with van der Waals surface area (Å²) in [5.41, 5.74) is 0.918. The molecule has 1 atom stereocenters. The van der Waals surface area contributed by atoms with E-state index in [9.17, 15) is 9.59 Å². The highest BCUT2D eigenvalue weighted by Gasteiger charge is 2.25. The number of carbonyl (C=O) groups is 2. The molecule has 0 aromatic carbocycles. The average molecular weight is 345 g/mol. The van der Waals surface area contributed by atoms with Crippen LogP contribution in [0.3, 0.4) is 0 Å². The van der Waals surface area contributed by atoms with Crippen molar-refractivity contribution in [3.63, 3.8) is 0 Å². The minimum absolute atomic E-state index is 0.0832. The van der Waals surface area contributed by atoms with Crippen molar-refractivity contribution in [3.8, 4) is 0 Å². The molecule has 0 saturated carbocycles. The molecule has 0 spiro atoms. The van der Waals surface area contributed by atoms with Crippen molar-refractivity contribution < 1.29 is 14.3 Å². The van der Waals surface area contributed by atoms with Crippen LogP contribution in [0.15, 0.2) is 24.4 Å². The van der Waals surface area contributed by atoms with E-state index in [0.29, 0.717) is 32.5 Å². The summed E-state index contributed by atoms with van der Waals surface area (Å²) >= 11 is 0. The molecule has 3 rings (SSSR count). The fraction of sp³-hybridized carbons (Fsp3) is 0.632. The zero-order chi connectivity index (χ0) is 17.5. The maximum Gasteiger partial charge on any atom is 0.222 e. The molecular weight excluding hydrogens is 318 g/mol. The molecule has 2 amide bonds. The number of carbonyl (C=O) groups excluding carboxylic acids is 2. The Hall–Kier alpha value is -1.95. The number of likely N-dealkylation sites (tertiary alicyclic amines) is 2. The van der Waals surface area contributed by atoms with Crippen LogP contribution in [0.4, 0.5) is 0 Å². The largest absolute Gasteiger partial charge is 0.370 e. The summed E-state index contributed by atoms with van der Waals surface area (Å²) in [6.07, 6.45) is 6.68. The first-order valence-corrected chi connectivity index (χ1v) is 9.29. The molecule has 2 saturated heterocycles. The Morgan fingerprint density at radius 3 is 2.96 bits per heavy atom. The van der Waals surface area contributed by atoms with E-state index in [4.69, 9.17) is 4.74 Å². The smallest absolute Gasteiger partial charge is 0.222 e. The Balaban J connectivity index is 1.38. The molecule has 0 aliphatic carbocycles. The molecule has 6 nitrogen and oxygen atoms in total. The lowest BCUT2D eigenvalue weighted by Crippen LogP contribution is -2.43. The lowest BCUT2D eigenvalue weighted by atomic mass is 10.1. The Morgan fingerprint density at radius 1 is 1.28 bits per heavy atom. The molecule has 1 aromatic rings. The van der Waals surface area contributed by atoms with Gasteiger partial charge in [0, 0.05) is 45.2 Å². The van der Waals surface area contributed by atoms with Crippen molar-refractivity contribution in [1.29, 1.82) is 0 Å².